The number of rotatable bonds is 16. The first-order chi connectivity index (χ1) is 32.3. The fourth-order valence-corrected chi connectivity index (χ4v) is 9.04. The van der Waals surface area contributed by atoms with Gasteiger partial charge in [0.2, 0.25) is 5.91 Å². The highest BCUT2D eigenvalue weighted by atomic mass is 16.7. The molecule has 5 amide bonds. The fourth-order valence-electron chi connectivity index (χ4n) is 9.04. The zero-order valence-electron chi connectivity index (χ0n) is 42.9. The molecule has 0 radical (unpaired) electrons. The molecule has 2 heterocycles. The molecule has 0 spiro atoms. The molecule has 23 nitrogen and oxygen atoms in total. The zero-order valence-corrected chi connectivity index (χ0v) is 42.9. The van der Waals surface area contributed by atoms with Crippen LogP contribution >= 0.6 is 0 Å². The topological polar surface area (TPSA) is 320 Å². The van der Waals surface area contributed by atoms with Gasteiger partial charge in [-0.3, -0.25) is 4.79 Å². The van der Waals surface area contributed by atoms with Gasteiger partial charge in [-0.25, -0.2) is 19.2 Å². The number of likely N-dealkylation sites (N-methyl/N-ethyl adjacent to an activating group) is 1. The second-order valence-corrected chi connectivity index (χ2v) is 22.0. The number of nitrogens with one attached hydrogen (secondary N) is 5. The summed E-state index contributed by atoms with van der Waals surface area (Å²) in [5, 5.41) is 61.9. The Morgan fingerprint density at radius 3 is 2.09 bits per heavy atom. The van der Waals surface area contributed by atoms with E-state index in [4.69, 9.17) is 38.9 Å². The summed E-state index contributed by atoms with van der Waals surface area (Å²) in [4.78, 5) is 66.4. The lowest BCUT2D eigenvalue weighted by Crippen LogP contribution is -2.71. The van der Waals surface area contributed by atoms with Crippen molar-refractivity contribution >= 4 is 30.3 Å². The minimum atomic E-state index is -1.84. The van der Waals surface area contributed by atoms with Crippen LogP contribution in [0.3, 0.4) is 0 Å². The Morgan fingerprint density at radius 2 is 1.50 bits per heavy atom. The molecule has 1 saturated heterocycles. The lowest BCUT2D eigenvalue weighted by atomic mass is 9.71. The third kappa shape index (κ3) is 17.1. The van der Waals surface area contributed by atoms with Gasteiger partial charge in [0.15, 0.2) is 6.29 Å². The number of amides is 5. The summed E-state index contributed by atoms with van der Waals surface area (Å²) < 4.78 is 40.5. The molecule has 2 aliphatic heterocycles. The average Bonchev–Trinajstić information content (AvgIpc) is 3.18. The van der Waals surface area contributed by atoms with Crippen LogP contribution in [0.25, 0.3) is 0 Å². The maximum absolute atomic E-state index is 13.9. The first-order valence-electron chi connectivity index (χ1n) is 24.0. The minimum absolute atomic E-state index is 0.000323. The molecule has 0 aromatic heterocycles. The number of aliphatic hydroxyl groups excluding tert-OH is 3. The van der Waals surface area contributed by atoms with Gasteiger partial charge in [0, 0.05) is 37.6 Å². The van der Waals surface area contributed by atoms with E-state index in [0.717, 1.165) is 4.90 Å². The van der Waals surface area contributed by atoms with Crippen molar-refractivity contribution in [1.82, 2.24) is 31.5 Å². The molecule has 4 aliphatic rings. The number of carbonyl (C=O) groups excluding carboxylic acids is 5. The molecular formula is C47H81N7O16. The summed E-state index contributed by atoms with van der Waals surface area (Å²) in [7, 11) is 1.34. The van der Waals surface area contributed by atoms with Crippen LogP contribution in [-0.4, -0.2) is 178 Å². The predicted molar refractivity (Wildman–Crippen MR) is 252 cm³/mol. The Bertz CT molecular complexity index is 1860. The van der Waals surface area contributed by atoms with Crippen molar-refractivity contribution in [3.8, 4) is 0 Å². The predicted octanol–water partition coefficient (Wildman–Crippen LogP) is 1.74. The number of alkyl carbamates (subject to hydrolysis) is 3. The van der Waals surface area contributed by atoms with Crippen molar-refractivity contribution in [3.05, 3.63) is 24.2 Å². The van der Waals surface area contributed by atoms with Crippen LogP contribution < -0.4 is 32.3 Å². The Kier molecular flexibility index (Phi) is 19.8. The number of ether oxygens (including phenoxy) is 7. The SMILES string of the molecule is C=C(C)OC(=O)NC1CC(CN[C@@H]2CC=C(CN)OC2[C@H]2[C@H](O)[C@@H](O[C@H]3OC[C@](C)(O)[C@H](N(C)C(=O)OC(C)(C)C)[C@H]3O)[C@H](NC(=O)[C@@H](O)CCNC(=O)OC(C)(C)C)C[C@@H]2NC(=O)OC(C)(C)C)C1. The molecule has 12 atom stereocenters. The number of allylic oxidation sites excluding steroid dienone is 1. The number of hydrogen-bond acceptors (Lipinski definition) is 18. The van der Waals surface area contributed by atoms with Gasteiger partial charge in [-0.15, -0.1) is 0 Å². The Hall–Kier alpha value is -4.49. The molecule has 2 aliphatic carbocycles. The average molecular weight is 1000 g/mol. The Morgan fingerprint density at radius 1 is 0.886 bits per heavy atom. The molecule has 0 bridgehead atoms. The Balaban J connectivity index is 1.70. The highest BCUT2D eigenvalue weighted by Gasteiger charge is 2.56. The van der Waals surface area contributed by atoms with E-state index in [1.54, 1.807) is 69.2 Å². The molecule has 0 aromatic rings. The Labute approximate surface area is 411 Å². The number of hydrogen-bond donors (Lipinski definition) is 10. The van der Waals surface area contributed by atoms with Gasteiger partial charge >= 0.3 is 24.4 Å². The second-order valence-electron chi connectivity index (χ2n) is 22.0. The van der Waals surface area contributed by atoms with E-state index in [-0.39, 0.29) is 43.7 Å². The molecule has 70 heavy (non-hydrogen) atoms. The smallest absolute Gasteiger partial charge is 0.412 e. The normalized spacial score (nSPS) is 31.8. The van der Waals surface area contributed by atoms with E-state index in [9.17, 15) is 44.4 Å². The first kappa shape index (κ1) is 58.1. The summed E-state index contributed by atoms with van der Waals surface area (Å²) in [6.45, 7) is 21.5. The molecule has 1 unspecified atom stereocenters. The summed E-state index contributed by atoms with van der Waals surface area (Å²) >= 11 is 0. The standard InChI is InChI=1S/C47H81N7O16/c1-24(2)65-41(60)51-26-18-25(19-26)22-50-28-15-14-27(21-48)66-35(28)32-29(53-42(61)69-45(6,7)8)20-30(52-38(58)31(55)16-17-49-40(59)68-44(3,4)5)36(33(32)56)67-39-34(57)37(47(12,63)23-64-39)54(13)43(62)70-46(9,10)11/h14,25-26,28-37,39,50,55-57,63H,1,15-23,48H2,2-13H3,(H,49,59)(H,51,60)(H,52,58)(H,53,61)/t25?,26?,28-,29+,30-,31+,32-,33+,34-,35?,36+,37-,39-,47+/m1/s1. The van der Waals surface area contributed by atoms with Gasteiger partial charge < -0.3 is 90.8 Å². The van der Waals surface area contributed by atoms with Crippen LogP contribution in [0.4, 0.5) is 19.2 Å². The summed E-state index contributed by atoms with van der Waals surface area (Å²) in [5.74, 6) is -1.18. The molecule has 400 valence electrons. The largest absolute Gasteiger partial charge is 0.492 e. The van der Waals surface area contributed by atoms with Crippen molar-refractivity contribution in [1.29, 1.82) is 0 Å². The van der Waals surface area contributed by atoms with E-state index < -0.39 is 126 Å². The molecule has 4 rings (SSSR count). The van der Waals surface area contributed by atoms with Gasteiger partial charge in [0.25, 0.3) is 0 Å². The molecule has 23 heteroatoms. The van der Waals surface area contributed by atoms with Gasteiger partial charge in [-0.1, -0.05) is 6.58 Å². The van der Waals surface area contributed by atoms with Gasteiger partial charge in [0.1, 0.15) is 52.6 Å². The fraction of sp³-hybridized carbons (Fsp3) is 0.809. The van der Waals surface area contributed by atoms with E-state index in [0.29, 0.717) is 31.6 Å². The summed E-state index contributed by atoms with van der Waals surface area (Å²) in [6.07, 6.45) is -9.20. The molecular weight excluding hydrogens is 919 g/mol. The number of nitrogens with zero attached hydrogens (tertiary/aromatic N) is 1. The van der Waals surface area contributed by atoms with Crippen molar-refractivity contribution < 1.29 is 77.6 Å². The van der Waals surface area contributed by atoms with E-state index in [1.165, 1.54) is 14.0 Å². The van der Waals surface area contributed by atoms with Crippen molar-refractivity contribution in [2.75, 3.05) is 33.3 Å². The van der Waals surface area contributed by atoms with Crippen LogP contribution in [0.2, 0.25) is 0 Å². The lowest BCUT2D eigenvalue weighted by molar-refractivity contribution is -0.306. The molecule has 3 fully saturated rings. The maximum Gasteiger partial charge on any atom is 0.412 e. The highest BCUT2D eigenvalue weighted by Crippen LogP contribution is 2.39. The van der Waals surface area contributed by atoms with Crippen molar-refractivity contribution in [3.63, 3.8) is 0 Å². The van der Waals surface area contributed by atoms with Crippen LogP contribution in [0, 0.1) is 11.8 Å². The van der Waals surface area contributed by atoms with Crippen LogP contribution in [-0.2, 0) is 38.0 Å². The number of nitrogens with two attached hydrogens (primary N) is 1. The third-order valence-corrected chi connectivity index (χ3v) is 12.0. The van der Waals surface area contributed by atoms with Crippen molar-refractivity contribution in [2.45, 2.75) is 198 Å². The molecule has 2 saturated carbocycles. The van der Waals surface area contributed by atoms with E-state index in [1.807, 2.05) is 6.08 Å². The van der Waals surface area contributed by atoms with Crippen LogP contribution in [0.15, 0.2) is 24.2 Å². The van der Waals surface area contributed by atoms with E-state index >= 15 is 0 Å². The quantitative estimate of drug-likeness (QED) is 0.0778. The number of carbonyl (C=O) groups is 5. The zero-order chi connectivity index (χ0) is 52.7. The van der Waals surface area contributed by atoms with Crippen molar-refractivity contribution in [2.24, 2.45) is 17.6 Å². The molecule has 11 N–H and O–H groups in total. The molecule has 0 aromatic carbocycles. The summed E-state index contributed by atoms with van der Waals surface area (Å²) in [5.41, 5.74) is 1.61. The second kappa shape index (κ2) is 23.8. The van der Waals surface area contributed by atoms with Gasteiger partial charge in [0.05, 0.1) is 37.1 Å². The van der Waals surface area contributed by atoms with Gasteiger partial charge in [-0.05, 0) is 127 Å². The third-order valence-electron chi connectivity index (χ3n) is 12.0. The first-order valence-corrected chi connectivity index (χ1v) is 24.0. The monoisotopic (exact) mass is 1000 g/mol. The maximum atomic E-state index is 13.9. The van der Waals surface area contributed by atoms with E-state index in [2.05, 4.69) is 33.2 Å². The number of aliphatic hydroxyl groups is 4. The van der Waals surface area contributed by atoms with Crippen LogP contribution in [0.1, 0.15) is 108 Å². The highest BCUT2D eigenvalue weighted by molar-refractivity contribution is 5.81. The van der Waals surface area contributed by atoms with Gasteiger partial charge in [-0.2, -0.15) is 0 Å². The minimum Gasteiger partial charge on any atom is -0.492 e. The summed E-state index contributed by atoms with van der Waals surface area (Å²) in [6, 6.07) is -4.28. The van der Waals surface area contributed by atoms with Crippen LogP contribution in [0.5, 0.6) is 0 Å². The lowest BCUT2D eigenvalue weighted by Gasteiger charge is -2.52.